The van der Waals surface area contributed by atoms with Crippen LogP contribution >= 0.6 is 0 Å². The van der Waals surface area contributed by atoms with Gasteiger partial charge in [0.05, 0.1) is 11.7 Å². The van der Waals surface area contributed by atoms with E-state index >= 15 is 0 Å². The van der Waals surface area contributed by atoms with Crippen LogP contribution in [0.3, 0.4) is 0 Å². The maximum Gasteiger partial charge on any atom is 0.336 e. The zero-order valence-electron chi connectivity index (χ0n) is 20.7. The first-order chi connectivity index (χ1) is 18.1. The number of hydrogen-bond donors (Lipinski definition) is 4. The Balaban J connectivity index is 1.64. The quantitative estimate of drug-likeness (QED) is 0.194. The van der Waals surface area contributed by atoms with Crippen molar-refractivity contribution in [3.8, 4) is 28.2 Å². The van der Waals surface area contributed by atoms with E-state index in [2.05, 4.69) is 10.6 Å². The molecule has 0 spiro atoms. The number of phenolic OH excluding ortho intramolecular Hbond substituents is 1. The van der Waals surface area contributed by atoms with Crippen molar-refractivity contribution in [2.45, 2.75) is 20.0 Å². The lowest BCUT2D eigenvalue weighted by Gasteiger charge is -2.17. The van der Waals surface area contributed by atoms with Gasteiger partial charge in [0.25, 0.3) is 5.91 Å². The third kappa shape index (κ3) is 5.81. The topological polar surface area (TPSA) is 155 Å². The molecule has 0 saturated heterocycles. The number of nitrogens with one attached hydrogen (secondary N) is 2. The van der Waals surface area contributed by atoms with Crippen LogP contribution in [0.1, 0.15) is 34.6 Å². The molecule has 0 radical (unpaired) electrons. The summed E-state index contributed by atoms with van der Waals surface area (Å²) in [6.07, 6.45) is -0.0792. The van der Waals surface area contributed by atoms with E-state index in [-0.39, 0.29) is 65.4 Å². The number of carbonyl (C=O) groups is 3. The van der Waals surface area contributed by atoms with Crippen molar-refractivity contribution in [2.75, 3.05) is 19.7 Å². The largest absolute Gasteiger partial charge is 0.508 e. The van der Waals surface area contributed by atoms with Gasteiger partial charge < -0.3 is 30.0 Å². The van der Waals surface area contributed by atoms with E-state index in [1.165, 1.54) is 42.5 Å². The number of fused-ring (bicyclic) bond motifs is 2. The van der Waals surface area contributed by atoms with Gasteiger partial charge in [0.15, 0.2) is 5.43 Å². The number of amides is 2. The van der Waals surface area contributed by atoms with Crippen LogP contribution in [0.25, 0.3) is 33.4 Å². The average molecular weight is 519 g/mol. The van der Waals surface area contributed by atoms with Crippen molar-refractivity contribution >= 4 is 28.8 Å². The Morgan fingerprint density at radius 3 is 2.42 bits per heavy atom. The predicted molar refractivity (Wildman–Crippen MR) is 140 cm³/mol. The Bertz CT molecular complexity index is 1560. The Labute approximate surface area is 217 Å². The lowest BCUT2D eigenvalue weighted by Crippen LogP contribution is -2.36. The molecule has 0 saturated carbocycles. The van der Waals surface area contributed by atoms with Crippen molar-refractivity contribution in [3.63, 3.8) is 0 Å². The van der Waals surface area contributed by atoms with E-state index in [0.29, 0.717) is 22.1 Å². The van der Waals surface area contributed by atoms with E-state index in [0.717, 1.165) is 0 Å². The Hall–Kier alpha value is -4.70. The summed E-state index contributed by atoms with van der Waals surface area (Å²) in [6.45, 7) is 3.86. The molecule has 10 nitrogen and oxygen atoms in total. The maximum absolute atomic E-state index is 12.7. The molecule has 2 aromatic rings. The Kier molecular flexibility index (Phi) is 7.73. The first-order valence-corrected chi connectivity index (χ1v) is 11.9. The molecule has 0 aromatic heterocycles. The lowest BCUT2D eigenvalue weighted by atomic mass is 9.90. The molecule has 1 aliphatic heterocycles. The van der Waals surface area contributed by atoms with Gasteiger partial charge in [-0.1, -0.05) is 6.07 Å². The van der Waals surface area contributed by atoms with E-state index < -0.39 is 11.9 Å². The second-order valence-corrected chi connectivity index (χ2v) is 8.85. The Morgan fingerprint density at radius 2 is 1.68 bits per heavy atom. The molecule has 0 unspecified atom stereocenters. The second kappa shape index (κ2) is 11.1. The van der Waals surface area contributed by atoms with Gasteiger partial charge in [-0.2, -0.15) is 0 Å². The molecule has 1 aliphatic carbocycles. The van der Waals surface area contributed by atoms with E-state index in [1.807, 2.05) is 13.8 Å². The zero-order valence-corrected chi connectivity index (χ0v) is 20.7. The summed E-state index contributed by atoms with van der Waals surface area (Å²) in [7, 11) is 0. The molecule has 196 valence electrons. The van der Waals surface area contributed by atoms with Gasteiger partial charge in [-0.05, 0) is 55.8 Å². The van der Waals surface area contributed by atoms with Crippen LogP contribution in [0.15, 0.2) is 63.8 Å². The molecule has 4 rings (SSSR count). The number of aromatic carboxylic acids is 1. The summed E-state index contributed by atoms with van der Waals surface area (Å²) in [5.41, 5.74) is 1.25. The van der Waals surface area contributed by atoms with Crippen molar-refractivity contribution in [3.05, 3.63) is 75.9 Å². The van der Waals surface area contributed by atoms with Crippen LogP contribution in [-0.4, -0.2) is 53.8 Å². The van der Waals surface area contributed by atoms with Gasteiger partial charge in [-0.3, -0.25) is 14.4 Å². The average Bonchev–Trinajstić information content (AvgIpc) is 2.87. The fourth-order valence-electron chi connectivity index (χ4n) is 4.00. The molecule has 2 amide bonds. The van der Waals surface area contributed by atoms with Crippen molar-refractivity contribution < 1.29 is 33.8 Å². The number of carbonyl (C=O) groups excluding carboxylic acids is 2. The number of phenols is 1. The molecule has 38 heavy (non-hydrogen) atoms. The van der Waals surface area contributed by atoms with Crippen LogP contribution in [0.5, 0.6) is 5.75 Å². The fourth-order valence-corrected chi connectivity index (χ4v) is 4.00. The highest BCUT2D eigenvalue weighted by Crippen LogP contribution is 2.42. The smallest absolute Gasteiger partial charge is 0.336 e. The first kappa shape index (κ1) is 26.4. The minimum absolute atomic E-state index is 0.0565. The summed E-state index contributed by atoms with van der Waals surface area (Å²) < 4.78 is 11.0. The van der Waals surface area contributed by atoms with Crippen molar-refractivity contribution in [1.82, 2.24) is 10.6 Å². The summed E-state index contributed by atoms with van der Waals surface area (Å²) in [5.74, 6) is -1.90. The molecule has 2 aliphatic rings. The lowest BCUT2D eigenvalue weighted by molar-refractivity contribution is -0.127. The number of benzene rings is 3. The third-order valence-electron chi connectivity index (χ3n) is 5.74. The molecule has 1 heterocycles. The summed E-state index contributed by atoms with van der Waals surface area (Å²) in [4.78, 5) is 48.7. The van der Waals surface area contributed by atoms with Crippen LogP contribution in [0.2, 0.25) is 0 Å². The molecular formula is C28H26N2O8. The summed E-state index contributed by atoms with van der Waals surface area (Å²) in [6, 6.07) is 12.9. The van der Waals surface area contributed by atoms with Gasteiger partial charge >= 0.3 is 5.97 Å². The SMILES string of the molecule is CC(C)OCC(=O)NCCNC(=O)c1ccc(-c2c3ccc(=O)cc-3oc3cc(O)ccc23)c(C(=O)O)c1. The zero-order chi connectivity index (χ0) is 27.4. The number of aromatic hydroxyl groups is 1. The van der Waals surface area contributed by atoms with Gasteiger partial charge in [-0.15, -0.1) is 0 Å². The van der Waals surface area contributed by atoms with Crippen LogP contribution in [0, 0.1) is 0 Å². The highest BCUT2D eigenvalue weighted by atomic mass is 16.5. The molecule has 0 fully saturated rings. The monoisotopic (exact) mass is 518 g/mol. The minimum atomic E-state index is -1.26. The summed E-state index contributed by atoms with van der Waals surface area (Å²) in [5, 5.41) is 25.8. The van der Waals surface area contributed by atoms with Gasteiger partial charge in [0.1, 0.15) is 23.7 Å². The van der Waals surface area contributed by atoms with Crippen LogP contribution in [0.4, 0.5) is 0 Å². The third-order valence-corrected chi connectivity index (χ3v) is 5.74. The number of hydrogen-bond acceptors (Lipinski definition) is 7. The summed E-state index contributed by atoms with van der Waals surface area (Å²) >= 11 is 0. The number of carboxylic acids is 1. The number of carboxylic acid groups (broad SMARTS) is 1. The molecule has 10 heteroatoms. The van der Waals surface area contributed by atoms with Crippen LogP contribution in [-0.2, 0) is 9.53 Å². The molecule has 4 N–H and O–H groups in total. The highest BCUT2D eigenvalue weighted by Gasteiger charge is 2.23. The minimum Gasteiger partial charge on any atom is -0.508 e. The number of rotatable bonds is 9. The van der Waals surface area contributed by atoms with Gasteiger partial charge in [0.2, 0.25) is 5.91 Å². The van der Waals surface area contributed by atoms with Crippen molar-refractivity contribution in [1.29, 1.82) is 0 Å². The van der Waals surface area contributed by atoms with E-state index in [4.69, 9.17) is 9.15 Å². The van der Waals surface area contributed by atoms with E-state index in [9.17, 15) is 29.4 Å². The fraction of sp³-hybridized carbons (Fsp3) is 0.214. The van der Waals surface area contributed by atoms with Gasteiger partial charge in [-0.25, -0.2) is 4.79 Å². The second-order valence-electron chi connectivity index (χ2n) is 8.85. The standard InChI is InChI=1S/C28H26N2O8/c1-15(2)37-14-25(33)29-9-10-30-27(34)16-3-6-19(22(11-16)28(35)36)26-20-7-4-17(31)12-23(20)38-24-13-18(32)5-8-21(24)26/h3-8,11-13,15,31H,9-10,14H2,1-2H3,(H,29,33)(H,30,34)(H,35,36). The van der Waals surface area contributed by atoms with Crippen molar-refractivity contribution in [2.24, 2.45) is 0 Å². The molecule has 0 bridgehead atoms. The number of ether oxygens (including phenoxy) is 1. The molecule has 0 atom stereocenters. The van der Waals surface area contributed by atoms with Gasteiger partial charge in [0, 0.05) is 47.3 Å². The molecular weight excluding hydrogens is 492 g/mol. The maximum atomic E-state index is 12.7. The molecule has 2 aromatic carbocycles. The van der Waals surface area contributed by atoms with Crippen LogP contribution < -0.4 is 16.1 Å². The highest BCUT2D eigenvalue weighted by molar-refractivity contribution is 6.09. The Morgan fingerprint density at radius 1 is 0.947 bits per heavy atom. The predicted octanol–water partition coefficient (Wildman–Crippen LogP) is 3.24. The first-order valence-electron chi connectivity index (χ1n) is 11.9. The van der Waals surface area contributed by atoms with E-state index in [1.54, 1.807) is 12.1 Å². The normalized spacial score (nSPS) is 11.1.